The highest BCUT2D eigenvalue weighted by Crippen LogP contribution is 2.29. The van der Waals surface area contributed by atoms with Crippen LogP contribution in [0.3, 0.4) is 0 Å². The smallest absolute Gasteiger partial charge is 0.324 e. The number of alkyl halides is 3. The van der Waals surface area contributed by atoms with Crippen LogP contribution < -0.4 is 5.32 Å². The van der Waals surface area contributed by atoms with Crippen LogP contribution in [-0.2, 0) is 24.1 Å². The highest BCUT2D eigenvalue weighted by molar-refractivity contribution is 6.04. The van der Waals surface area contributed by atoms with E-state index in [4.69, 9.17) is 0 Å². The van der Waals surface area contributed by atoms with Gasteiger partial charge in [0.2, 0.25) is 11.7 Å². The lowest BCUT2D eigenvalue weighted by molar-refractivity contribution is -0.148. The number of halogens is 3. The maximum atomic E-state index is 12.9. The van der Waals surface area contributed by atoms with E-state index in [1.54, 1.807) is 36.1 Å². The molecule has 1 N–H and O–H groups in total. The van der Waals surface area contributed by atoms with Crippen LogP contribution in [0.2, 0.25) is 0 Å². The van der Waals surface area contributed by atoms with Crippen molar-refractivity contribution in [2.75, 3.05) is 11.9 Å². The number of aromatic nitrogens is 3. The molecule has 27 heavy (non-hydrogen) atoms. The summed E-state index contributed by atoms with van der Waals surface area (Å²) in [6, 6.07) is 6.03. The Labute approximate surface area is 153 Å². The number of benzene rings is 1. The first-order chi connectivity index (χ1) is 12.7. The van der Waals surface area contributed by atoms with Gasteiger partial charge in [0.15, 0.2) is 5.78 Å². The Morgan fingerprint density at radius 2 is 1.89 bits per heavy atom. The predicted molar refractivity (Wildman–Crippen MR) is 90.0 cm³/mol. The fourth-order valence-electron chi connectivity index (χ4n) is 3.02. The molecule has 1 atom stereocenters. The molecule has 1 aromatic carbocycles. The van der Waals surface area contributed by atoms with E-state index in [0.717, 1.165) is 4.57 Å². The van der Waals surface area contributed by atoms with E-state index in [9.17, 15) is 22.8 Å². The Morgan fingerprint density at radius 3 is 2.56 bits per heavy atom. The largest absolute Gasteiger partial charge is 0.451 e. The molecule has 7 nitrogen and oxygen atoms in total. The normalized spacial score (nSPS) is 15.9. The molecule has 0 spiro atoms. The molecule has 1 aliphatic rings. The molecular formula is C17H18F3N5O2. The van der Waals surface area contributed by atoms with Gasteiger partial charge >= 0.3 is 6.18 Å². The van der Waals surface area contributed by atoms with Gasteiger partial charge in [-0.1, -0.05) is 12.1 Å². The molecule has 0 fully saturated rings. The lowest BCUT2D eigenvalue weighted by Crippen LogP contribution is -2.46. The Bertz CT molecular complexity index is 878. The van der Waals surface area contributed by atoms with E-state index >= 15 is 0 Å². The van der Waals surface area contributed by atoms with Crippen molar-refractivity contribution in [2.45, 2.75) is 39.2 Å². The maximum absolute atomic E-state index is 12.9. The van der Waals surface area contributed by atoms with Crippen LogP contribution in [0.1, 0.15) is 35.9 Å². The maximum Gasteiger partial charge on any atom is 0.451 e. The molecule has 144 valence electrons. The van der Waals surface area contributed by atoms with Crippen LogP contribution in [-0.4, -0.2) is 43.9 Å². The van der Waals surface area contributed by atoms with E-state index in [-0.39, 0.29) is 37.1 Å². The molecular weight excluding hydrogens is 363 g/mol. The first-order valence-corrected chi connectivity index (χ1v) is 8.32. The SMILES string of the molecule is CC(=O)c1ccccc1NC(=O)C(C)N1CCn2c(nnc2C(F)(F)F)C1. The van der Waals surface area contributed by atoms with Crippen molar-refractivity contribution in [2.24, 2.45) is 0 Å². The minimum Gasteiger partial charge on any atom is -0.324 e. The summed E-state index contributed by atoms with van der Waals surface area (Å²) in [5.74, 6) is -1.39. The van der Waals surface area contributed by atoms with Crippen LogP contribution in [0.4, 0.5) is 18.9 Å². The third kappa shape index (κ3) is 3.85. The molecule has 10 heteroatoms. The van der Waals surface area contributed by atoms with Crippen molar-refractivity contribution in [3.63, 3.8) is 0 Å². The summed E-state index contributed by atoms with van der Waals surface area (Å²) in [6.45, 7) is 3.43. The number of anilines is 1. The molecule has 2 heterocycles. The summed E-state index contributed by atoms with van der Waals surface area (Å²) in [7, 11) is 0. The molecule has 1 amide bonds. The number of nitrogens with one attached hydrogen (secondary N) is 1. The van der Waals surface area contributed by atoms with Gasteiger partial charge in [-0.2, -0.15) is 13.2 Å². The molecule has 0 saturated heterocycles. The van der Waals surface area contributed by atoms with Gasteiger partial charge < -0.3 is 9.88 Å². The van der Waals surface area contributed by atoms with Gasteiger partial charge in [0.1, 0.15) is 5.82 Å². The summed E-state index contributed by atoms with van der Waals surface area (Å²) >= 11 is 0. The zero-order chi connectivity index (χ0) is 19.8. The molecule has 0 saturated carbocycles. The summed E-state index contributed by atoms with van der Waals surface area (Å²) in [4.78, 5) is 26.0. The van der Waals surface area contributed by atoms with E-state index in [1.165, 1.54) is 6.92 Å². The van der Waals surface area contributed by atoms with Gasteiger partial charge in [-0.25, -0.2) is 0 Å². The fraction of sp³-hybridized carbons (Fsp3) is 0.412. The topological polar surface area (TPSA) is 80.1 Å². The summed E-state index contributed by atoms with van der Waals surface area (Å²) in [6.07, 6.45) is -4.56. The highest BCUT2D eigenvalue weighted by atomic mass is 19.4. The average Bonchev–Trinajstić information content (AvgIpc) is 3.04. The van der Waals surface area contributed by atoms with Gasteiger partial charge in [-0.15, -0.1) is 10.2 Å². The molecule has 0 aliphatic carbocycles. The van der Waals surface area contributed by atoms with E-state index in [1.807, 2.05) is 0 Å². The number of amides is 1. The molecule has 3 rings (SSSR count). The number of para-hydroxylation sites is 1. The molecule has 0 radical (unpaired) electrons. The number of hydrogen-bond acceptors (Lipinski definition) is 5. The molecule has 1 unspecified atom stereocenters. The van der Waals surface area contributed by atoms with Crippen molar-refractivity contribution >= 4 is 17.4 Å². The van der Waals surface area contributed by atoms with Crippen molar-refractivity contribution in [3.8, 4) is 0 Å². The van der Waals surface area contributed by atoms with Crippen LogP contribution in [0.5, 0.6) is 0 Å². The van der Waals surface area contributed by atoms with Gasteiger partial charge in [-0.3, -0.25) is 14.5 Å². The summed E-state index contributed by atoms with van der Waals surface area (Å²) in [5, 5.41) is 9.56. The zero-order valence-electron chi connectivity index (χ0n) is 14.7. The number of carbonyl (C=O) groups is 2. The van der Waals surface area contributed by atoms with E-state index < -0.39 is 18.0 Å². The van der Waals surface area contributed by atoms with Gasteiger partial charge in [0.25, 0.3) is 0 Å². The van der Waals surface area contributed by atoms with Crippen LogP contribution >= 0.6 is 0 Å². The van der Waals surface area contributed by atoms with Gasteiger partial charge in [-0.05, 0) is 26.0 Å². The minimum atomic E-state index is -4.56. The highest BCUT2D eigenvalue weighted by Gasteiger charge is 2.40. The lowest BCUT2D eigenvalue weighted by Gasteiger charge is -2.32. The van der Waals surface area contributed by atoms with Gasteiger partial charge in [0, 0.05) is 18.7 Å². The molecule has 0 bridgehead atoms. The number of carbonyl (C=O) groups excluding carboxylic acids is 2. The Hall–Kier alpha value is -2.75. The first-order valence-electron chi connectivity index (χ1n) is 8.32. The monoisotopic (exact) mass is 381 g/mol. The quantitative estimate of drug-likeness (QED) is 0.823. The van der Waals surface area contributed by atoms with Crippen molar-refractivity contribution in [1.29, 1.82) is 0 Å². The van der Waals surface area contributed by atoms with Crippen LogP contribution in [0.25, 0.3) is 0 Å². The second kappa shape index (κ2) is 7.10. The molecule has 2 aromatic rings. The number of ketones is 1. The predicted octanol–water partition coefficient (Wildman–Crippen LogP) is 2.34. The number of rotatable bonds is 4. The van der Waals surface area contributed by atoms with Crippen LogP contribution in [0.15, 0.2) is 24.3 Å². The van der Waals surface area contributed by atoms with E-state index in [2.05, 4.69) is 15.5 Å². The Balaban J connectivity index is 1.72. The van der Waals surface area contributed by atoms with Crippen LogP contribution in [0, 0.1) is 0 Å². The number of nitrogens with zero attached hydrogens (tertiary/aromatic N) is 4. The standard InChI is InChI=1S/C17H18F3N5O2/c1-10(15(27)21-13-6-4-3-5-12(13)11(2)26)24-7-8-25-14(9-24)22-23-16(25)17(18,19)20/h3-6,10H,7-9H2,1-2H3,(H,21,27). The second-order valence-electron chi connectivity index (χ2n) is 6.33. The Morgan fingerprint density at radius 1 is 1.19 bits per heavy atom. The minimum absolute atomic E-state index is 0.0405. The second-order valence-corrected chi connectivity index (χ2v) is 6.33. The average molecular weight is 381 g/mol. The van der Waals surface area contributed by atoms with Crippen molar-refractivity contribution < 1.29 is 22.8 Å². The van der Waals surface area contributed by atoms with Crippen molar-refractivity contribution in [3.05, 3.63) is 41.5 Å². The first kappa shape index (κ1) is 19.0. The third-order valence-electron chi connectivity index (χ3n) is 4.53. The molecule has 1 aliphatic heterocycles. The summed E-state index contributed by atoms with van der Waals surface area (Å²) in [5.41, 5.74) is 0.799. The zero-order valence-corrected chi connectivity index (χ0v) is 14.7. The van der Waals surface area contributed by atoms with E-state index in [0.29, 0.717) is 11.3 Å². The number of Topliss-reactive ketones (excluding diaryl/α,β-unsaturated/α-hetero) is 1. The number of hydrogen-bond donors (Lipinski definition) is 1. The number of fused-ring (bicyclic) bond motifs is 1. The summed E-state index contributed by atoms with van der Waals surface area (Å²) < 4.78 is 39.8. The third-order valence-corrected chi connectivity index (χ3v) is 4.53. The fourth-order valence-corrected chi connectivity index (χ4v) is 3.02. The lowest BCUT2D eigenvalue weighted by atomic mass is 10.1. The Kier molecular flexibility index (Phi) is 5.01. The molecule has 1 aromatic heterocycles. The van der Waals surface area contributed by atoms with Crippen molar-refractivity contribution in [1.82, 2.24) is 19.7 Å². The van der Waals surface area contributed by atoms with Gasteiger partial charge in [0.05, 0.1) is 18.3 Å².